The molecule has 3 aromatic rings. The molecule has 4 rings (SSSR count). The van der Waals surface area contributed by atoms with Crippen LogP contribution in [0.5, 0.6) is 0 Å². The molecule has 0 saturated carbocycles. The quantitative estimate of drug-likeness (QED) is 0.602. The van der Waals surface area contributed by atoms with E-state index in [1.165, 1.54) is 18.2 Å². The summed E-state index contributed by atoms with van der Waals surface area (Å²) in [5.41, 5.74) is 7.25. The number of carbonyl (C=O) groups excluding carboxylic acids is 4. The number of rotatable bonds is 5. The van der Waals surface area contributed by atoms with Crippen molar-refractivity contribution < 1.29 is 19.2 Å². The standard InChI is InChI=1S/C23H16ClN3O4/c24-18-3-1-2-4-19(18)27-22(30)16-10-9-15(11-17(16)23(27)31)21(29)26-12-13-5-7-14(8-6-13)20(25)28/h1-11H,12H2,(H2,25,28)(H,26,29). The second kappa shape index (κ2) is 8.04. The Morgan fingerprint density at radius 1 is 0.871 bits per heavy atom. The summed E-state index contributed by atoms with van der Waals surface area (Å²) in [4.78, 5) is 50.3. The van der Waals surface area contributed by atoms with Crippen molar-refractivity contribution in [2.75, 3.05) is 4.90 Å². The van der Waals surface area contributed by atoms with Gasteiger partial charge in [0.15, 0.2) is 0 Å². The fourth-order valence-electron chi connectivity index (χ4n) is 3.31. The normalized spacial score (nSPS) is 12.6. The Balaban J connectivity index is 1.52. The van der Waals surface area contributed by atoms with Crippen LogP contribution in [0.25, 0.3) is 0 Å². The lowest BCUT2D eigenvalue weighted by Crippen LogP contribution is -2.29. The molecule has 0 fully saturated rings. The molecule has 0 radical (unpaired) electrons. The molecule has 1 aliphatic heterocycles. The number of benzene rings is 3. The van der Waals surface area contributed by atoms with Crippen LogP contribution in [0.1, 0.15) is 47.0 Å². The number of hydrogen-bond acceptors (Lipinski definition) is 4. The SMILES string of the molecule is NC(=O)c1ccc(CNC(=O)c2ccc3c(c2)C(=O)N(c2ccccc2Cl)C3=O)cc1. The highest BCUT2D eigenvalue weighted by atomic mass is 35.5. The number of nitrogens with one attached hydrogen (secondary N) is 1. The van der Waals surface area contributed by atoms with E-state index in [0.717, 1.165) is 10.5 Å². The highest BCUT2D eigenvalue weighted by Crippen LogP contribution is 2.33. The number of anilines is 1. The summed E-state index contributed by atoms with van der Waals surface area (Å²) in [6.07, 6.45) is 0. The molecule has 1 aliphatic rings. The van der Waals surface area contributed by atoms with Crippen molar-refractivity contribution in [2.45, 2.75) is 6.54 Å². The van der Waals surface area contributed by atoms with Crippen molar-refractivity contribution >= 4 is 40.9 Å². The maximum Gasteiger partial charge on any atom is 0.266 e. The minimum atomic E-state index is -0.537. The average Bonchev–Trinajstić information content (AvgIpc) is 3.02. The van der Waals surface area contributed by atoms with Gasteiger partial charge in [0.05, 0.1) is 21.8 Å². The van der Waals surface area contributed by atoms with Crippen LogP contribution in [0.3, 0.4) is 0 Å². The molecule has 1 heterocycles. The van der Waals surface area contributed by atoms with E-state index in [-0.39, 0.29) is 28.3 Å². The molecule has 31 heavy (non-hydrogen) atoms. The van der Waals surface area contributed by atoms with E-state index in [9.17, 15) is 19.2 Å². The number of fused-ring (bicyclic) bond motifs is 1. The van der Waals surface area contributed by atoms with Gasteiger partial charge in [-0.15, -0.1) is 0 Å². The fourth-order valence-corrected chi connectivity index (χ4v) is 3.53. The van der Waals surface area contributed by atoms with Gasteiger partial charge < -0.3 is 11.1 Å². The Bertz CT molecular complexity index is 1240. The average molecular weight is 434 g/mol. The third-order valence-electron chi connectivity index (χ3n) is 4.93. The van der Waals surface area contributed by atoms with E-state index in [0.29, 0.717) is 11.3 Å². The predicted molar refractivity (Wildman–Crippen MR) is 115 cm³/mol. The number of amides is 4. The molecule has 0 spiro atoms. The second-order valence-corrected chi connectivity index (χ2v) is 7.31. The van der Waals surface area contributed by atoms with E-state index in [4.69, 9.17) is 17.3 Å². The highest BCUT2D eigenvalue weighted by Gasteiger charge is 2.38. The van der Waals surface area contributed by atoms with Crippen molar-refractivity contribution in [1.82, 2.24) is 5.32 Å². The smallest absolute Gasteiger partial charge is 0.266 e. The van der Waals surface area contributed by atoms with Crippen LogP contribution < -0.4 is 16.0 Å². The summed E-state index contributed by atoms with van der Waals surface area (Å²) < 4.78 is 0. The Labute approximate surface area is 182 Å². The maximum atomic E-state index is 12.9. The van der Waals surface area contributed by atoms with Gasteiger partial charge in [0.25, 0.3) is 17.7 Å². The van der Waals surface area contributed by atoms with Gasteiger partial charge in [0.2, 0.25) is 5.91 Å². The zero-order valence-corrected chi connectivity index (χ0v) is 16.8. The third-order valence-corrected chi connectivity index (χ3v) is 5.25. The van der Waals surface area contributed by atoms with Crippen molar-refractivity contribution in [3.8, 4) is 0 Å². The van der Waals surface area contributed by atoms with Crippen LogP contribution in [0.15, 0.2) is 66.7 Å². The molecular weight excluding hydrogens is 418 g/mol. The molecule has 0 atom stereocenters. The topological polar surface area (TPSA) is 110 Å². The second-order valence-electron chi connectivity index (χ2n) is 6.90. The zero-order valence-electron chi connectivity index (χ0n) is 16.1. The molecule has 0 unspecified atom stereocenters. The van der Waals surface area contributed by atoms with Gasteiger partial charge in [-0.1, -0.05) is 35.9 Å². The van der Waals surface area contributed by atoms with E-state index < -0.39 is 23.6 Å². The summed E-state index contributed by atoms with van der Waals surface area (Å²) in [5.74, 6) is -1.96. The first kappa shape index (κ1) is 20.3. The van der Waals surface area contributed by atoms with Gasteiger partial charge in [-0.3, -0.25) is 19.2 Å². The van der Waals surface area contributed by atoms with Gasteiger partial charge >= 0.3 is 0 Å². The first-order chi connectivity index (χ1) is 14.9. The Morgan fingerprint density at radius 3 is 2.19 bits per heavy atom. The molecule has 4 amide bonds. The summed E-state index contributed by atoms with van der Waals surface area (Å²) in [6, 6.07) is 17.4. The minimum Gasteiger partial charge on any atom is -0.366 e. The Morgan fingerprint density at radius 2 is 1.52 bits per heavy atom. The molecule has 3 aromatic carbocycles. The molecule has 0 aliphatic carbocycles. The van der Waals surface area contributed by atoms with Crippen LogP contribution in [-0.4, -0.2) is 23.6 Å². The molecule has 0 aromatic heterocycles. The molecule has 154 valence electrons. The summed E-state index contributed by atoms with van der Waals surface area (Å²) in [7, 11) is 0. The summed E-state index contributed by atoms with van der Waals surface area (Å²) in [5, 5.41) is 3.02. The van der Waals surface area contributed by atoms with Crippen molar-refractivity contribution in [2.24, 2.45) is 5.73 Å². The molecule has 3 N–H and O–H groups in total. The fraction of sp³-hybridized carbons (Fsp3) is 0.0435. The zero-order chi connectivity index (χ0) is 22.1. The molecule has 0 bridgehead atoms. The summed E-state index contributed by atoms with van der Waals surface area (Å²) in [6.45, 7) is 0.216. The Kier molecular flexibility index (Phi) is 5.27. The largest absolute Gasteiger partial charge is 0.366 e. The molecular formula is C23H16ClN3O4. The summed E-state index contributed by atoms with van der Waals surface area (Å²) >= 11 is 6.15. The minimum absolute atomic E-state index is 0.142. The van der Waals surface area contributed by atoms with Crippen molar-refractivity contribution in [1.29, 1.82) is 0 Å². The number of hydrogen-bond donors (Lipinski definition) is 2. The first-order valence-corrected chi connectivity index (χ1v) is 9.69. The number of nitrogens with zero attached hydrogens (tertiary/aromatic N) is 1. The molecule has 0 saturated heterocycles. The van der Waals surface area contributed by atoms with Crippen LogP contribution in [-0.2, 0) is 6.54 Å². The van der Waals surface area contributed by atoms with Crippen LogP contribution >= 0.6 is 11.6 Å². The predicted octanol–water partition coefficient (Wildman–Crippen LogP) is 3.17. The number of nitrogens with two attached hydrogens (primary N) is 1. The van der Waals surface area contributed by atoms with Crippen LogP contribution in [0.4, 0.5) is 5.69 Å². The van der Waals surface area contributed by atoms with E-state index in [1.54, 1.807) is 48.5 Å². The van der Waals surface area contributed by atoms with Crippen LogP contribution in [0.2, 0.25) is 5.02 Å². The lowest BCUT2D eigenvalue weighted by Gasteiger charge is -2.15. The number of primary amides is 1. The van der Waals surface area contributed by atoms with Crippen molar-refractivity contribution in [3.05, 3.63) is 99.6 Å². The first-order valence-electron chi connectivity index (χ1n) is 9.31. The van der Waals surface area contributed by atoms with Crippen molar-refractivity contribution in [3.63, 3.8) is 0 Å². The lowest BCUT2D eigenvalue weighted by atomic mass is 10.1. The van der Waals surface area contributed by atoms with Crippen LogP contribution in [0, 0.1) is 0 Å². The van der Waals surface area contributed by atoms with Gasteiger partial charge in [0.1, 0.15) is 0 Å². The van der Waals surface area contributed by atoms with E-state index in [2.05, 4.69) is 5.32 Å². The lowest BCUT2D eigenvalue weighted by molar-refractivity contribution is 0.0922. The monoisotopic (exact) mass is 433 g/mol. The maximum absolute atomic E-state index is 12.9. The van der Waals surface area contributed by atoms with Gasteiger partial charge in [-0.25, -0.2) is 4.90 Å². The molecule has 8 heteroatoms. The number of imide groups is 1. The van der Waals surface area contributed by atoms with Gasteiger partial charge in [-0.05, 0) is 48.0 Å². The number of halogens is 1. The number of para-hydroxylation sites is 1. The number of carbonyl (C=O) groups is 4. The van der Waals surface area contributed by atoms with E-state index in [1.807, 2.05) is 0 Å². The van der Waals surface area contributed by atoms with Gasteiger partial charge in [0, 0.05) is 17.7 Å². The van der Waals surface area contributed by atoms with Gasteiger partial charge in [-0.2, -0.15) is 0 Å². The molecule has 7 nitrogen and oxygen atoms in total. The Hall–Kier alpha value is -3.97. The third kappa shape index (κ3) is 3.78. The van der Waals surface area contributed by atoms with E-state index >= 15 is 0 Å². The highest BCUT2D eigenvalue weighted by molar-refractivity contribution is 6.39.